The van der Waals surface area contributed by atoms with Gasteiger partial charge in [0, 0.05) is 52.9 Å². The molecule has 8 heteroatoms. The Morgan fingerprint density at radius 1 is 0.617 bits per heavy atom. The van der Waals surface area contributed by atoms with E-state index in [1.807, 2.05) is 0 Å². The molecular formula is C39H76N8. The molecule has 2 fully saturated rings. The molecule has 0 radical (unpaired) electrons. The van der Waals surface area contributed by atoms with Gasteiger partial charge >= 0.3 is 0 Å². The maximum atomic E-state index is 5.49. The van der Waals surface area contributed by atoms with Gasteiger partial charge < -0.3 is 25.8 Å². The van der Waals surface area contributed by atoms with Crippen LogP contribution in [0.1, 0.15) is 174 Å². The number of hydrogen-bond acceptors (Lipinski definition) is 8. The second-order valence-corrected chi connectivity index (χ2v) is 19.7. The molecule has 0 saturated carbocycles. The Hall–Kier alpha value is -1.67. The van der Waals surface area contributed by atoms with Gasteiger partial charge in [0.15, 0.2) is 0 Å². The van der Waals surface area contributed by atoms with E-state index in [0.717, 1.165) is 69.9 Å². The van der Waals surface area contributed by atoms with E-state index < -0.39 is 0 Å². The van der Waals surface area contributed by atoms with Crippen molar-refractivity contribution < 1.29 is 0 Å². The lowest BCUT2D eigenvalue weighted by Crippen LogP contribution is -2.63. The summed E-state index contributed by atoms with van der Waals surface area (Å²) in [5, 5.41) is 11.7. The quantitative estimate of drug-likeness (QED) is 0.161. The predicted molar refractivity (Wildman–Crippen MR) is 204 cm³/mol. The van der Waals surface area contributed by atoms with Gasteiger partial charge in [0.2, 0.25) is 17.8 Å². The molecule has 3 heterocycles. The van der Waals surface area contributed by atoms with E-state index in [1.54, 1.807) is 0 Å². The van der Waals surface area contributed by atoms with E-state index in [1.165, 1.54) is 25.7 Å². The first kappa shape index (κ1) is 39.8. The van der Waals surface area contributed by atoms with E-state index in [4.69, 9.17) is 15.0 Å². The molecule has 1 aromatic rings. The molecule has 0 bridgehead atoms. The van der Waals surface area contributed by atoms with Crippen LogP contribution in [-0.2, 0) is 0 Å². The van der Waals surface area contributed by atoms with Gasteiger partial charge in [-0.3, -0.25) is 0 Å². The van der Waals surface area contributed by atoms with Crippen LogP contribution in [0.2, 0.25) is 0 Å². The Labute approximate surface area is 290 Å². The van der Waals surface area contributed by atoms with Gasteiger partial charge in [-0.25, -0.2) is 0 Å². The van der Waals surface area contributed by atoms with Crippen molar-refractivity contribution in [3.63, 3.8) is 0 Å². The summed E-state index contributed by atoms with van der Waals surface area (Å²) in [6.45, 7) is 36.8. The van der Waals surface area contributed by atoms with E-state index in [0.29, 0.717) is 18.0 Å². The SMILES string of the molecule is CCCCCN(c1nc(NC(C)(C)CC(C)(C)C)nc(N(CCCCC)C2CC(C)(C)NC(C)(C)C2)n1)C1CC(C)(C)NC(C)(C)C1. The third-order valence-corrected chi connectivity index (χ3v) is 9.77. The maximum Gasteiger partial charge on any atom is 0.232 e. The Morgan fingerprint density at radius 3 is 1.30 bits per heavy atom. The smallest absolute Gasteiger partial charge is 0.232 e. The highest BCUT2D eigenvalue weighted by molar-refractivity contribution is 5.48. The minimum atomic E-state index is -0.175. The van der Waals surface area contributed by atoms with Crippen molar-refractivity contribution in [2.75, 3.05) is 28.2 Å². The zero-order chi connectivity index (χ0) is 35.5. The zero-order valence-electron chi connectivity index (χ0n) is 33.6. The third-order valence-electron chi connectivity index (χ3n) is 9.77. The fourth-order valence-corrected chi connectivity index (χ4v) is 9.27. The number of aromatic nitrogens is 3. The normalized spacial score (nSPS) is 21.4. The van der Waals surface area contributed by atoms with E-state index in [-0.39, 0.29) is 33.1 Å². The molecule has 3 rings (SSSR count). The summed E-state index contributed by atoms with van der Waals surface area (Å²) in [5.74, 6) is 2.39. The lowest BCUT2D eigenvalue weighted by Gasteiger charge is -2.50. The Bertz CT molecular complexity index is 1030. The van der Waals surface area contributed by atoms with Gasteiger partial charge in [0.05, 0.1) is 0 Å². The van der Waals surface area contributed by atoms with Crippen molar-refractivity contribution >= 4 is 17.8 Å². The topological polar surface area (TPSA) is 81.2 Å². The first-order valence-corrected chi connectivity index (χ1v) is 19.1. The minimum absolute atomic E-state index is 0.0273. The molecule has 0 atom stereocenters. The van der Waals surface area contributed by atoms with Gasteiger partial charge in [-0.15, -0.1) is 0 Å². The van der Waals surface area contributed by atoms with Crippen molar-refractivity contribution in [1.29, 1.82) is 0 Å². The Balaban J connectivity index is 2.20. The molecular weight excluding hydrogens is 580 g/mol. The summed E-state index contributed by atoms with van der Waals surface area (Å²) >= 11 is 0. The monoisotopic (exact) mass is 657 g/mol. The molecule has 2 aliphatic rings. The number of rotatable bonds is 15. The van der Waals surface area contributed by atoms with Crippen molar-refractivity contribution in [3.8, 4) is 0 Å². The van der Waals surface area contributed by atoms with Crippen LogP contribution in [0.25, 0.3) is 0 Å². The molecule has 8 nitrogen and oxygen atoms in total. The largest absolute Gasteiger partial charge is 0.349 e. The summed E-state index contributed by atoms with van der Waals surface area (Å²) in [4.78, 5) is 21.2. The highest BCUT2D eigenvalue weighted by Gasteiger charge is 2.43. The van der Waals surface area contributed by atoms with Crippen LogP contribution < -0.4 is 25.8 Å². The van der Waals surface area contributed by atoms with Crippen LogP contribution in [0.4, 0.5) is 17.8 Å². The van der Waals surface area contributed by atoms with Crippen LogP contribution in [0.15, 0.2) is 0 Å². The van der Waals surface area contributed by atoms with Crippen molar-refractivity contribution in [2.45, 2.75) is 214 Å². The van der Waals surface area contributed by atoms with Crippen LogP contribution in [0, 0.1) is 5.41 Å². The van der Waals surface area contributed by atoms with Crippen molar-refractivity contribution in [2.24, 2.45) is 5.41 Å². The number of anilines is 3. The fraction of sp³-hybridized carbons (Fsp3) is 0.923. The van der Waals surface area contributed by atoms with Gasteiger partial charge in [-0.05, 0) is 120 Å². The molecule has 1 aromatic heterocycles. The zero-order valence-corrected chi connectivity index (χ0v) is 33.6. The highest BCUT2D eigenvalue weighted by Crippen LogP contribution is 2.37. The highest BCUT2D eigenvalue weighted by atomic mass is 15.4. The van der Waals surface area contributed by atoms with Crippen LogP contribution in [0.3, 0.4) is 0 Å². The molecule has 0 aromatic carbocycles. The number of unbranched alkanes of at least 4 members (excludes halogenated alkanes) is 4. The van der Waals surface area contributed by atoms with Crippen LogP contribution in [-0.4, -0.2) is 67.8 Å². The molecule has 2 aliphatic heterocycles. The Kier molecular flexibility index (Phi) is 12.7. The molecule has 0 spiro atoms. The van der Waals surface area contributed by atoms with Gasteiger partial charge in [0.1, 0.15) is 0 Å². The molecule has 47 heavy (non-hydrogen) atoms. The summed E-state index contributed by atoms with van der Waals surface area (Å²) < 4.78 is 0. The summed E-state index contributed by atoms with van der Waals surface area (Å²) in [6, 6.07) is 0.683. The van der Waals surface area contributed by atoms with Gasteiger partial charge in [-0.1, -0.05) is 60.3 Å². The van der Waals surface area contributed by atoms with Gasteiger partial charge in [0.25, 0.3) is 0 Å². The van der Waals surface area contributed by atoms with Crippen LogP contribution >= 0.6 is 0 Å². The summed E-state index contributed by atoms with van der Waals surface area (Å²) in [5.41, 5.74) is 0.107. The number of hydrogen-bond donors (Lipinski definition) is 3. The second-order valence-electron chi connectivity index (χ2n) is 19.7. The second kappa shape index (κ2) is 15.1. The number of nitrogens with zero attached hydrogens (tertiary/aromatic N) is 5. The van der Waals surface area contributed by atoms with E-state index in [9.17, 15) is 0 Å². The molecule has 272 valence electrons. The fourth-order valence-electron chi connectivity index (χ4n) is 9.27. The first-order valence-electron chi connectivity index (χ1n) is 19.1. The Morgan fingerprint density at radius 2 is 0.979 bits per heavy atom. The van der Waals surface area contributed by atoms with Gasteiger partial charge in [-0.2, -0.15) is 15.0 Å². The summed E-state index contributed by atoms with van der Waals surface area (Å²) in [7, 11) is 0. The van der Waals surface area contributed by atoms with E-state index >= 15 is 0 Å². The lowest BCUT2D eigenvalue weighted by molar-refractivity contribution is 0.157. The molecule has 2 saturated heterocycles. The lowest BCUT2D eigenvalue weighted by atomic mass is 9.79. The molecule has 0 unspecified atom stereocenters. The molecule has 3 N–H and O–H groups in total. The van der Waals surface area contributed by atoms with Crippen LogP contribution in [0.5, 0.6) is 0 Å². The maximum absolute atomic E-state index is 5.49. The summed E-state index contributed by atoms with van der Waals surface area (Å²) in [6.07, 6.45) is 12.3. The number of piperidine rings is 2. The van der Waals surface area contributed by atoms with E-state index in [2.05, 4.69) is 130 Å². The molecule has 0 aliphatic carbocycles. The number of nitrogens with one attached hydrogen (secondary N) is 3. The third kappa shape index (κ3) is 12.6. The molecule has 0 amide bonds. The minimum Gasteiger partial charge on any atom is -0.349 e. The van der Waals surface area contributed by atoms with Crippen molar-refractivity contribution in [3.05, 3.63) is 0 Å². The standard InChI is InChI=1S/C39H76N8/c1-16-18-20-22-46(29-24-35(6,7)44-36(8,9)25-29)32-40-31(43-39(14,15)28-34(3,4)5)41-33(42-32)47(23-21-19-17-2)30-26-37(10,11)45-38(12,13)27-30/h29-30,44-45H,16-28H2,1-15H3,(H,40,41,42,43). The average Bonchev–Trinajstić information content (AvgIpc) is 2.83. The first-order chi connectivity index (χ1) is 21.4. The van der Waals surface area contributed by atoms with Crippen molar-refractivity contribution in [1.82, 2.24) is 25.6 Å². The predicted octanol–water partition coefficient (Wildman–Crippen LogP) is 9.11. The average molecular weight is 657 g/mol.